The van der Waals surface area contributed by atoms with Crippen molar-refractivity contribution in [3.8, 4) is 11.5 Å². The van der Waals surface area contributed by atoms with Crippen LogP contribution in [0.15, 0.2) is 44.7 Å². The highest BCUT2D eigenvalue weighted by Crippen LogP contribution is 2.38. The minimum Gasteiger partial charge on any atom is -0.493 e. The number of nitro groups is 1. The number of methoxy groups -OCH3 is 1. The lowest BCUT2D eigenvalue weighted by molar-refractivity contribution is -0.386. The van der Waals surface area contributed by atoms with Crippen LogP contribution >= 0.6 is 15.9 Å². The number of nitrogens with zero attached hydrogens (tertiary/aromatic N) is 4. The Morgan fingerprint density at radius 1 is 1.27 bits per heavy atom. The zero-order valence-corrected chi connectivity index (χ0v) is 22.6. The average Bonchev–Trinajstić information content (AvgIpc) is 2.88. The summed E-state index contributed by atoms with van der Waals surface area (Å²) in [6, 6.07) is 7.91. The van der Waals surface area contributed by atoms with Crippen molar-refractivity contribution >= 4 is 44.7 Å². The molecule has 1 aromatic heterocycles. The number of hydrogen-bond acceptors (Lipinski definition) is 9. The number of rotatable bonds is 10. The predicted molar refractivity (Wildman–Crippen MR) is 142 cm³/mol. The molecule has 0 spiro atoms. The number of halogens is 1. The summed E-state index contributed by atoms with van der Waals surface area (Å²) >= 11 is 3.37. The molecule has 12 heteroatoms. The molecular formula is C25H27BrN4O7. The number of benzene rings is 2. The average molecular weight is 575 g/mol. The number of hydrogen-bond donors (Lipinski definition) is 0. The van der Waals surface area contributed by atoms with E-state index in [0.29, 0.717) is 23.1 Å². The van der Waals surface area contributed by atoms with Gasteiger partial charge in [-0.05, 0) is 44.5 Å². The van der Waals surface area contributed by atoms with Crippen LogP contribution in [-0.4, -0.2) is 46.6 Å². The van der Waals surface area contributed by atoms with Gasteiger partial charge in [0.1, 0.15) is 5.82 Å². The van der Waals surface area contributed by atoms with E-state index in [0.717, 1.165) is 4.47 Å². The summed E-state index contributed by atoms with van der Waals surface area (Å²) in [6.07, 6.45) is 0.924. The normalized spacial score (nSPS) is 12.9. The molecule has 11 nitrogen and oxygen atoms in total. The quantitative estimate of drug-likeness (QED) is 0.146. The van der Waals surface area contributed by atoms with E-state index in [1.807, 2.05) is 13.8 Å². The first kappa shape index (κ1) is 27.8. The number of esters is 1. The van der Waals surface area contributed by atoms with Crippen LogP contribution in [0.3, 0.4) is 0 Å². The predicted octanol–water partition coefficient (Wildman–Crippen LogP) is 4.80. The van der Waals surface area contributed by atoms with Gasteiger partial charge in [-0.2, -0.15) is 9.78 Å². The van der Waals surface area contributed by atoms with Crippen LogP contribution < -0.4 is 15.0 Å². The highest BCUT2D eigenvalue weighted by atomic mass is 79.9. The minimum absolute atomic E-state index is 0.0156. The van der Waals surface area contributed by atoms with Crippen LogP contribution in [0.25, 0.3) is 10.9 Å². The second-order valence-corrected chi connectivity index (χ2v) is 9.06. The van der Waals surface area contributed by atoms with E-state index in [9.17, 15) is 19.7 Å². The fourth-order valence-electron chi connectivity index (χ4n) is 3.48. The molecule has 3 aromatic rings. The molecule has 3 rings (SSSR count). The Balaban J connectivity index is 2.12. The molecule has 0 saturated carbocycles. The van der Waals surface area contributed by atoms with E-state index in [4.69, 9.17) is 14.2 Å². The lowest BCUT2D eigenvalue weighted by Gasteiger charge is -2.16. The first-order chi connectivity index (χ1) is 17.6. The minimum atomic E-state index is -1.10. The Hall–Kier alpha value is -3.80. The van der Waals surface area contributed by atoms with Gasteiger partial charge < -0.3 is 14.2 Å². The van der Waals surface area contributed by atoms with E-state index in [1.165, 1.54) is 37.1 Å². The Kier molecular flexibility index (Phi) is 8.98. The third-order valence-corrected chi connectivity index (χ3v) is 6.09. The van der Waals surface area contributed by atoms with Gasteiger partial charge >= 0.3 is 11.7 Å². The first-order valence-electron chi connectivity index (χ1n) is 11.6. The van der Waals surface area contributed by atoms with Crippen LogP contribution in [0.2, 0.25) is 0 Å². The Labute approximate surface area is 221 Å². The highest BCUT2D eigenvalue weighted by Gasteiger charge is 2.27. The molecule has 37 heavy (non-hydrogen) atoms. The lowest BCUT2D eigenvalue weighted by Crippen LogP contribution is -2.26. The molecule has 0 bridgehead atoms. The van der Waals surface area contributed by atoms with Crippen molar-refractivity contribution < 1.29 is 23.9 Å². The van der Waals surface area contributed by atoms with Crippen molar-refractivity contribution in [3.63, 3.8) is 0 Å². The third-order valence-electron chi connectivity index (χ3n) is 5.60. The fraction of sp³-hybridized carbons (Fsp3) is 0.360. The summed E-state index contributed by atoms with van der Waals surface area (Å²) in [4.78, 5) is 41.2. The summed E-state index contributed by atoms with van der Waals surface area (Å²) in [7, 11) is 1.32. The Morgan fingerprint density at radius 2 is 2.00 bits per heavy atom. The van der Waals surface area contributed by atoms with Gasteiger partial charge in [-0.3, -0.25) is 14.9 Å². The molecule has 0 aliphatic rings. The Bertz CT molecular complexity index is 1420. The maximum atomic E-state index is 13.3. The molecule has 0 unspecified atom stereocenters. The van der Waals surface area contributed by atoms with Crippen LogP contribution in [0.4, 0.5) is 5.69 Å². The lowest BCUT2D eigenvalue weighted by atomic mass is 10.1. The molecule has 1 heterocycles. The van der Waals surface area contributed by atoms with E-state index >= 15 is 0 Å². The number of aromatic nitrogens is 2. The maximum Gasteiger partial charge on any atom is 0.347 e. The summed E-state index contributed by atoms with van der Waals surface area (Å²) in [6.45, 7) is 7.11. The molecule has 0 N–H and O–H groups in total. The van der Waals surface area contributed by atoms with Gasteiger partial charge in [-0.1, -0.05) is 29.8 Å². The molecule has 0 saturated heterocycles. The zero-order chi connectivity index (χ0) is 27.3. The highest BCUT2D eigenvalue weighted by molar-refractivity contribution is 9.10. The third kappa shape index (κ3) is 6.13. The van der Waals surface area contributed by atoms with Gasteiger partial charge in [0, 0.05) is 22.0 Å². The van der Waals surface area contributed by atoms with Crippen molar-refractivity contribution in [2.24, 2.45) is 5.10 Å². The van der Waals surface area contributed by atoms with Crippen LogP contribution in [-0.2, 0) is 9.53 Å². The SMILES string of the molecule is CCOC(=O)[C@@H](C)Oc1c(OC)cc(C=Nn2c([C@H](C)CC)nc3ccc(Br)cc3c2=O)cc1[N+](=O)[O-]. The molecule has 2 aromatic carbocycles. The zero-order valence-electron chi connectivity index (χ0n) is 21.1. The van der Waals surface area contributed by atoms with Gasteiger partial charge in [-0.25, -0.2) is 9.78 Å². The van der Waals surface area contributed by atoms with Crippen LogP contribution in [0, 0.1) is 10.1 Å². The van der Waals surface area contributed by atoms with Gasteiger partial charge in [0.2, 0.25) is 5.75 Å². The number of nitro benzene ring substituents is 1. The maximum absolute atomic E-state index is 13.3. The van der Waals surface area contributed by atoms with E-state index in [-0.39, 0.29) is 35.1 Å². The molecule has 196 valence electrons. The van der Waals surface area contributed by atoms with Gasteiger partial charge in [0.15, 0.2) is 11.9 Å². The standard InChI is InChI=1S/C25H27BrN4O7/c1-6-14(3)23-28-19-9-8-17(26)12-18(19)24(31)29(23)27-13-16-10-20(30(33)34)22(21(11-16)35-5)37-15(4)25(32)36-7-2/h8-15H,6-7H2,1-5H3/t14-,15-/m1/s1. The second-order valence-electron chi connectivity index (χ2n) is 8.14. The summed E-state index contributed by atoms with van der Waals surface area (Å²) < 4.78 is 17.7. The van der Waals surface area contributed by atoms with Crippen molar-refractivity contribution in [1.29, 1.82) is 0 Å². The largest absolute Gasteiger partial charge is 0.493 e. The number of carbonyl (C=O) groups excluding carboxylic acids is 1. The molecule has 0 aliphatic carbocycles. The molecule has 0 radical (unpaired) electrons. The van der Waals surface area contributed by atoms with Crippen molar-refractivity contribution in [2.75, 3.05) is 13.7 Å². The first-order valence-corrected chi connectivity index (χ1v) is 12.4. The molecular weight excluding hydrogens is 548 g/mol. The van der Waals surface area contributed by atoms with Gasteiger partial charge in [0.05, 0.1) is 35.8 Å². The second kappa shape index (κ2) is 12.0. The topological polar surface area (TPSA) is 135 Å². The number of carbonyl (C=O) groups is 1. The summed E-state index contributed by atoms with van der Waals surface area (Å²) in [5, 5.41) is 16.6. The number of fused-ring (bicyclic) bond motifs is 1. The van der Waals surface area contributed by atoms with Gasteiger partial charge in [-0.15, -0.1) is 0 Å². The van der Waals surface area contributed by atoms with E-state index < -0.39 is 22.7 Å². The van der Waals surface area contributed by atoms with Crippen LogP contribution in [0.1, 0.15) is 51.4 Å². The van der Waals surface area contributed by atoms with E-state index in [1.54, 1.807) is 25.1 Å². The van der Waals surface area contributed by atoms with Crippen molar-refractivity contribution in [2.45, 2.75) is 46.1 Å². The van der Waals surface area contributed by atoms with Crippen molar-refractivity contribution in [1.82, 2.24) is 9.66 Å². The molecule has 0 aliphatic heterocycles. The molecule has 0 fully saturated rings. The smallest absolute Gasteiger partial charge is 0.347 e. The monoisotopic (exact) mass is 574 g/mol. The van der Waals surface area contributed by atoms with Crippen LogP contribution in [0.5, 0.6) is 11.5 Å². The van der Waals surface area contributed by atoms with Crippen molar-refractivity contribution in [3.05, 3.63) is 66.7 Å². The van der Waals surface area contributed by atoms with Gasteiger partial charge in [0.25, 0.3) is 5.56 Å². The number of ether oxygens (including phenoxy) is 3. The molecule has 2 atom stereocenters. The summed E-state index contributed by atoms with van der Waals surface area (Å²) in [5.41, 5.74) is 0.00930. The molecule has 0 amide bonds. The van der Waals surface area contributed by atoms with E-state index in [2.05, 4.69) is 26.0 Å². The Morgan fingerprint density at radius 3 is 2.62 bits per heavy atom. The summed E-state index contributed by atoms with van der Waals surface area (Å²) in [5.74, 6) is -0.496. The fourth-order valence-corrected chi connectivity index (χ4v) is 3.84.